The summed E-state index contributed by atoms with van der Waals surface area (Å²) in [6.45, 7) is 4.01. The Morgan fingerprint density at radius 3 is 2.78 bits per heavy atom. The minimum atomic E-state index is -0.788. The number of halogens is 1. The second-order valence-electron chi connectivity index (χ2n) is 9.25. The van der Waals surface area contributed by atoms with E-state index in [0.29, 0.717) is 74.7 Å². The van der Waals surface area contributed by atoms with Gasteiger partial charge in [-0.25, -0.2) is 4.39 Å². The zero-order valence-electron chi connectivity index (χ0n) is 21.3. The fraction of sp³-hybridized carbons (Fsp3) is 0.500. The second-order valence-corrected chi connectivity index (χ2v) is 9.25. The zero-order valence-corrected chi connectivity index (χ0v) is 21.3. The van der Waals surface area contributed by atoms with Crippen molar-refractivity contribution in [3.8, 4) is 11.5 Å². The van der Waals surface area contributed by atoms with E-state index in [1.54, 1.807) is 12.1 Å². The number of carbonyl (C=O) groups is 2. The molecule has 1 amide bonds. The van der Waals surface area contributed by atoms with Crippen LogP contribution in [-0.4, -0.2) is 69.1 Å². The van der Waals surface area contributed by atoms with Gasteiger partial charge < -0.3 is 29.4 Å². The van der Waals surface area contributed by atoms with Gasteiger partial charge in [-0.15, -0.1) is 0 Å². The summed E-state index contributed by atoms with van der Waals surface area (Å²) in [5.74, 6) is -0.119. The Kier molecular flexibility index (Phi) is 9.13. The normalized spacial score (nSPS) is 18.7. The lowest BCUT2D eigenvalue weighted by atomic mass is 9.95. The summed E-state index contributed by atoms with van der Waals surface area (Å²) in [7, 11) is 1.51. The van der Waals surface area contributed by atoms with Gasteiger partial charge in [-0.3, -0.25) is 9.59 Å². The predicted octanol–water partition coefficient (Wildman–Crippen LogP) is 3.24. The summed E-state index contributed by atoms with van der Waals surface area (Å²) >= 11 is 0. The average molecular weight is 516 g/mol. The molecule has 0 radical (unpaired) electrons. The van der Waals surface area contributed by atoms with Crippen LogP contribution in [0.3, 0.4) is 0 Å². The van der Waals surface area contributed by atoms with E-state index < -0.39 is 18.0 Å². The smallest absolute Gasteiger partial charge is 0.255 e. The number of fused-ring (bicyclic) bond motifs is 1. The molecular weight excluding hydrogens is 481 g/mol. The van der Waals surface area contributed by atoms with Crippen molar-refractivity contribution in [3.05, 3.63) is 57.9 Å². The molecule has 1 saturated heterocycles. The van der Waals surface area contributed by atoms with Crippen LogP contribution >= 0.6 is 0 Å². The lowest BCUT2D eigenvalue weighted by molar-refractivity contribution is -0.0261. The summed E-state index contributed by atoms with van der Waals surface area (Å²) in [6.07, 6.45) is 1.36. The Morgan fingerprint density at radius 2 is 2.05 bits per heavy atom. The summed E-state index contributed by atoms with van der Waals surface area (Å²) < 4.78 is 36.9. The lowest BCUT2D eigenvalue weighted by Crippen LogP contribution is -2.48. The topological polar surface area (TPSA) is 103 Å². The Labute approximate surface area is 216 Å². The fourth-order valence-corrected chi connectivity index (χ4v) is 4.83. The number of Topliss-reactive ketones (excluding diaryl/α,β-unsaturated/α-hetero) is 1. The molecule has 200 valence electrons. The maximum Gasteiger partial charge on any atom is 0.255 e. The van der Waals surface area contributed by atoms with E-state index in [-0.39, 0.29) is 30.3 Å². The van der Waals surface area contributed by atoms with Gasteiger partial charge in [0.1, 0.15) is 17.3 Å². The third kappa shape index (κ3) is 6.29. The van der Waals surface area contributed by atoms with Crippen LogP contribution in [0.2, 0.25) is 0 Å². The van der Waals surface area contributed by atoms with E-state index >= 15 is 0 Å². The Morgan fingerprint density at radius 1 is 1.22 bits per heavy atom. The standard InChI is InChI=1S/C28H34FNO7/c1-3-35-10-4-5-24(31)19-7-6-17(14-22(19)29)13-18-15-21(27(34-2)20-8-12-37-26(18)20)28(33)30-23-9-11-36-16-25(23)32/h6-7,14-15,23,25,32H,3-5,8-13,16H2,1-2H3,(H,30,33)/t23-,25-/m0/s1. The van der Waals surface area contributed by atoms with Crippen molar-refractivity contribution in [2.75, 3.05) is 40.1 Å². The SMILES string of the molecule is CCOCCCC(=O)c1ccc(Cc2cc(C(=O)N[C@H]3CCOC[C@@H]3O)c(OC)c3c2OCC3)cc1F. The maximum absolute atomic E-state index is 14.9. The second kappa shape index (κ2) is 12.5. The van der Waals surface area contributed by atoms with E-state index in [1.165, 1.54) is 19.2 Å². The molecule has 2 heterocycles. The van der Waals surface area contributed by atoms with Gasteiger partial charge in [0.2, 0.25) is 0 Å². The average Bonchev–Trinajstić information content (AvgIpc) is 3.38. The number of rotatable bonds is 11. The molecular formula is C28H34FNO7. The minimum Gasteiger partial charge on any atom is -0.495 e. The quantitative estimate of drug-likeness (QED) is 0.350. The van der Waals surface area contributed by atoms with Gasteiger partial charge in [0, 0.05) is 44.6 Å². The summed E-state index contributed by atoms with van der Waals surface area (Å²) in [5, 5.41) is 13.1. The van der Waals surface area contributed by atoms with Crippen LogP contribution in [0.15, 0.2) is 24.3 Å². The number of aliphatic hydroxyl groups excluding tert-OH is 1. The number of aliphatic hydroxyl groups is 1. The third-order valence-corrected chi connectivity index (χ3v) is 6.72. The first-order valence-electron chi connectivity index (χ1n) is 12.7. The number of methoxy groups -OCH3 is 1. The van der Waals surface area contributed by atoms with Gasteiger partial charge >= 0.3 is 0 Å². The highest BCUT2D eigenvalue weighted by Crippen LogP contribution is 2.40. The molecule has 9 heteroatoms. The van der Waals surface area contributed by atoms with E-state index in [2.05, 4.69) is 5.32 Å². The van der Waals surface area contributed by atoms with Crippen LogP contribution < -0.4 is 14.8 Å². The van der Waals surface area contributed by atoms with Gasteiger partial charge in [-0.2, -0.15) is 0 Å². The Bertz CT molecular complexity index is 1140. The van der Waals surface area contributed by atoms with E-state index in [0.717, 1.165) is 11.1 Å². The van der Waals surface area contributed by atoms with Crippen molar-refractivity contribution >= 4 is 11.7 Å². The highest BCUT2D eigenvalue weighted by molar-refractivity contribution is 5.98. The Hall–Kier alpha value is -3.01. The van der Waals surface area contributed by atoms with Crippen molar-refractivity contribution in [2.24, 2.45) is 0 Å². The predicted molar refractivity (Wildman–Crippen MR) is 134 cm³/mol. The van der Waals surface area contributed by atoms with Crippen LogP contribution in [0.1, 0.15) is 63.6 Å². The van der Waals surface area contributed by atoms with E-state index in [4.69, 9.17) is 18.9 Å². The van der Waals surface area contributed by atoms with Crippen LogP contribution in [0.5, 0.6) is 11.5 Å². The molecule has 2 N–H and O–H groups in total. The fourth-order valence-electron chi connectivity index (χ4n) is 4.83. The molecule has 2 aliphatic rings. The number of benzene rings is 2. The Balaban J connectivity index is 1.56. The third-order valence-electron chi connectivity index (χ3n) is 6.72. The molecule has 8 nitrogen and oxygen atoms in total. The van der Waals surface area contributed by atoms with Crippen molar-refractivity contribution in [1.29, 1.82) is 0 Å². The number of amides is 1. The molecule has 2 aliphatic heterocycles. The molecule has 0 aromatic heterocycles. The summed E-state index contributed by atoms with van der Waals surface area (Å²) in [6, 6.07) is 5.88. The van der Waals surface area contributed by atoms with Gasteiger partial charge in [-0.1, -0.05) is 6.07 Å². The molecule has 0 unspecified atom stereocenters. The summed E-state index contributed by atoms with van der Waals surface area (Å²) in [5.41, 5.74) is 2.56. The molecule has 2 aromatic rings. The van der Waals surface area contributed by atoms with Crippen LogP contribution in [0.25, 0.3) is 0 Å². The molecule has 2 atom stereocenters. The lowest BCUT2D eigenvalue weighted by Gasteiger charge is -2.28. The first-order valence-corrected chi connectivity index (χ1v) is 12.7. The van der Waals surface area contributed by atoms with Crippen molar-refractivity contribution in [3.63, 3.8) is 0 Å². The number of hydrogen-bond acceptors (Lipinski definition) is 7. The van der Waals surface area contributed by atoms with Crippen molar-refractivity contribution in [2.45, 2.75) is 51.2 Å². The maximum atomic E-state index is 14.9. The highest BCUT2D eigenvalue weighted by atomic mass is 19.1. The molecule has 4 rings (SSSR count). The highest BCUT2D eigenvalue weighted by Gasteiger charge is 2.30. The number of ketones is 1. The van der Waals surface area contributed by atoms with Gasteiger partial charge in [-0.05, 0) is 49.1 Å². The molecule has 1 fully saturated rings. The molecule has 0 bridgehead atoms. The van der Waals surface area contributed by atoms with Crippen LogP contribution in [-0.2, 0) is 22.3 Å². The van der Waals surface area contributed by atoms with E-state index in [1.807, 2.05) is 6.92 Å². The van der Waals surface area contributed by atoms with Gasteiger partial charge in [0.05, 0.1) is 43.6 Å². The molecule has 0 saturated carbocycles. The monoisotopic (exact) mass is 515 g/mol. The number of ether oxygens (including phenoxy) is 4. The minimum absolute atomic E-state index is 0.0616. The van der Waals surface area contributed by atoms with Crippen LogP contribution in [0, 0.1) is 5.82 Å². The first-order chi connectivity index (χ1) is 17.9. The number of nitrogens with one attached hydrogen (secondary N) is 1. The summed E-state index contributed by atoms with van der Waals surface area (Å²) in [4.78, 5) is 25.7. The molecule has 37 heavy (non-hydrogen) atoms. The number of hydrogen-bond donors (Lipinski definition) is 2. The van der Waals surface area contributed by atoms with E-state index in [9.17, 15) is 19.1 Å². The van der Waals surface area contributed by atoms with Crippen LogP contribution in [0.4, 0.5) is 4.39 Å². The van der Waals surface area contributed by atoms with Gasteiger partial charge in [0.25, 0.3) is 5.91 Å². The largest absolute Gasteiger partial charge is 0.495 e. The zero-order chi connectivity index (χ0) is 26.4. The van der Waals surface area contributed by atoms with Crippen molar-refractivity contribution in [1.82, 2.24) is 5.32 Å². The first kappa shape index (κ1) is 27.0. The van der Waals surface area contributed by atoms with Gasteiger partial charge in [0.15, 0.2) is 5.78 Å². The molecule has 0 spiro atoms. The molecule has 2 aromatic carbocycles. The molecule has 0 aliphatic carbocycles. The number of carbonyl (C=O) groups excluding carboxylic acids is 2. The van der Waals surface area contributed by atoms with Crippen molar-refractivity contribution < 1.29 is 38.0 Å².